The van der Waals surface area contributed by atoms with Gasteiger partial charge in [0.1, 0.15) is 0 Å². The lowest BCUT2D eigenvalue weighted by atomic mass is 9.83. The van der Waals surface area contributed by atoms with Crippen LogP contribution < -0.4 is 0 Å². The van der Waals surface area contributed by atoms with E-state index in [9.17, 15) is 9.90 Å². The molecule has 1 heterocycles. The van der Waals surface area contributed by atoms with E-state index in [1.54, 1.807) is 6.08 Å². The first kappa shape index (κ1) is 11.0. The van der Waals surface area contributed by atoms with E-state index in [0.717, 1.165) is 5.57 Å². The molecular weight excluding hydrogens is 208 g/mol. The Kier molecular flexibility index (Phi) is 2.83. The Balaban J connectivity index is 2.29. The Morgan fingerprint density at radius 1 is 1.75 bits per heavy atom. The molecule has 3 atom stereocenters. The quantitative estimate of drug-likeness (QED) is 0.712. The maximum atomic E-state index is 11.5. The van der Waals surface area contributed by atoms with Gasteiger partial charge in [0.15, 0.2) is 0 Å². The highest BCUT2D eigenvalue weighted by molar-refractivity contribution is 5.89. The minimum atomic E-state index is -0.912. The van der Waals surface area contributed by atoms with Crippen molar-refractivity contribution < 1.29 is 19.4 Å². The zero-order valence-corrected chi connectivity index (χ0v) is 9.05. The molecule has 0 saturated heterocycles. The standard InChI is InChI=1S/C12H14O4/c1-3-7-4-5-8-9(11(13)15-2)6-16-12(14)10(7)8/h3-4,6,8,10,12,14H,1,5H2,2H3. The van der Waals surface area contributed by atoms with Crippen molar-refractivity contribution >= 4 is 5.97 Å². The largest absolute Gasteiger partial charge is 0.471 e. The summed E-state index contributed by atoms with van der Waals surface area (Å²) < 4.78 is 9.75. The average molecular weight is 222 g/mol. The number of fused-ring (bicyclic) bond motifs is 1. The Labute approximate surface area is 93.9 Å². The van der Waals surface area contributed by atoms with Gasteiger partial charge in [-0.2, -0.15) is 0 Å². The SMILES string of the molecule is C=CC1=CCC2C(C(=O)OC)=COC(O)C12. The van der Waals surface area contributed by atoms with Gasteiger partial charge in [0, 0.05) is 5.92 Å². The second-order valence-corrected chi connectivity index (χ2v) is 3.87. The minimum Gasteiger partial charge on any atom is -0.471 e. The van der Waals surface area contributed by atoms with Crippen molar-refractivity contribution in [1.82, 2.24) is 0 Å². The van der Waals surface area contributed by atoms with Gasteiger partial charge in [-0.15, -0.1) is 0 Å². The highest BCUT2D eigenvalue weighted by Crippen LogP contribution is 2.42. The lowest BCUT2D eigenvalue weighted by Gasteiger charge is -2.31. The summed E-state index contributed by atoms with van der Waals surface area (Å²) in [6.07, 6.45) is 4.75. The molecule has 0 radical (unpaired) electrons. The van der Waals surface area contributed by atoms with Crippen LogP contribution in [0.4, 0.5) is 0 Å². The number of carbonyl (C=O) groups excluding carboxylic acids is 1. The number of rotatable bonds is 2. The predicted molar refractivity (Wildman–Crippen MR) is 57.1 cm³/mol. The fourth-order valence-electron chi connectivity index (χ4n) is 2.31. The van der Waals surface area contributed by atoms with Gasteiger partial charge in [-0.1, -0.05) is 18.7 Å². The van der Waals surface area contributed by atoms with Crippen LogP contribution in [0.25, 0.3) is 0 Å². The molecule has 1 N–H and O–H groups in total. The van der Waals surface area contributed by atoms with Gasteiger partial charge < -0.3 is 14.6 Å². The molecule has 2 rings (SSSR count). The molecule has 3 unspecified atom stereocenters. The Morgan fingerprint density at radius 2 is 2.50 bits per heavy atom. The van der Waals surface area contributed by atoms with Gasteiger partial charge in [-0.05, 0) is 12.0 Å². The number of hydrogen-bond donors (Lipinski definition) is 1. The summed E-state index contributed by atoms with van der Waals surface area (Å²) in [5.41, 5.74) is 1.40. The number of hydrogen-bond acceptors (Lipinski definition) is 4. The van der Waals surface area contributed by atoms with Gasteiger partial charge in [0.2, 0.25) is 6.29 Å². The molecule has 4 heteroatoms. The number of ether oxygens (including phenoxy) is 2. The van der Waals surface area contributed by atoms with Crippen molar-refractivity contribution in [3.63, 3.8) is 0 Å². The molecular formula is C12H14O4. The second kappa shape index (κ2) is 4.14. The van der Waals surface area contributed by atoms with Crippen LogP contribution in [0.3, 0.4) is 0 Å². The molecule has 0 saturated carbocycles. The van der Waals surface area contributed by atoms with Crippen LogP contribution in [0.2, 0.25) is 0 Å². The van der Waals surface area contributed by atoms with E-state index in [2.05, 4.69) is 11.3 Å². The molecule has 0 aromatic rings. The Morgan fingerprint density at radius 3 is 3.12 bits per heavy atom. The third-order valence-electron chi connectivity index (χ3n) is 3.12. The number of methoxy groups -OCH3 is 1. The summed E-state index contributed by atoms with van der Waals surface area (Å²) in [6, 6.07) is 0. The Bertz CT molecular complexity index is 380. The van der Waals surface area contributed by atoms with E-state index in [-0.39, 0.29) is 11.8 Å². The van der Waals surface area contributed by atoms with Crippen LogP contribution in [0.1, 0.15) is 6.42 Å². The zero-order valence-electron chi connectivity index (χ0n) is 9.05. The van der Waals surface area contributed by atoms with E-state index < -0.39 is 12.3 Å². The van der Waals surface area contributed by atoms with Crippen LogP contribution >= 0.6 is 0 Å². The molecule has 86 valence electrons. The average Bonchev–Trinajstić information content (AvgIpc) is 2.73. The third kappa shape index (κ3) is 1.55. The van der Waals surface area contributed by atoms with Crippen LogP contribution in [0, 0.1) is 11.8 Å². The summed E-state index contributed by atoms with van der Waals surface area (Å²) in [5.74, 6) is -0.679. The number of carbonyl (C=O) groups is 1. The van der Waals surface area contributed by atoms with Gasteiger partial charge in [0.25, 0.3) is 0 Å². The predicted octanol–water partition coefficient (Wildman–Crippen LogP) is 1.14. The molecule has 4 nitrogen and oxygen atoms in total. The van der Waals surface area contributed by atoms with Crippen molar-refractivity contribution in [2.45, 2.75) is 12.7 Å². The highest BCUT2D eigenvalue weighted by atomic mass is 16.6. The number of aliphatic hydroxyl groups is 1. The van der Waals surface area contributed by atoms with Crippen LogP contribution in [0.5, 0.6) is 0 Å². The fraction of sp³-hybridized carbons (Fsp3) is 0.417. The first-order valence-electron chi connectivity index (χ1n) is 5.13. The maximum absolute atomic E-state index is 11.5. The topological polar surface area (TPSA) is 55.8 Å². The van der Waals surface area contributed by atoms with E-state index in [1.165, 1.54) is 13.4 Å². The van der Waals surface area contributed by atoms with E-state index >= 15 is 0 Å². The maximum Gasteiger partial charge on any atom is 0.337 e. The van der Waals surface area contributed by atoms with Gasteiger partial charge in [-0.25, -0.2) is 4.79 Å². The number of esters is 1. The number of allylic oxidation sites excluding steroid dienone is 2. The molecule has 0 amide bonds. The third-order valence-corrected chi connectivity index (χ3v) is 3.12. The molecule has 0 bridgehead atoms. The summed E-state index contributed by atoms with van der Waals surface area (Å²) in [5, 5.41) is 9.75. The van der Waals surface area contributed by atoms with Gasteiger partial charge in [-0.3, -0.25) is 0 Å². The Hall–Kier alpha value is -1.55. The minimum absolute atomic E-state index is 0.0656. The molecule has 1 aliphatic heterocycles. The van der Waals surface area contributed by atoms with Crippen molar-refractivity contribution in [1.29, 1.82) is 0 Å². The molecule has 0 fully saturated rings. The highest BCUT2D eigenvalue weighted by Gasteiger charge is 2.42. The summed E-state index contributed by atoms with van der Waals surface area (Å²) in [7, 11) is 1.33. The molecule has 1 aliphatic carbocycles. The molecule has 0 spiro atoms. The van der Waals surface area contributed by atoms with E-state index in [1.807, 2.05) is 6.08 Å². The fourth-order valence-corrected chi connectivity index (χ4v) is 2.31. The van der Waals surface area contributed by atoms with Gasteiger partial charge >= 0.3 is 5.97 Å². The molecule has 0 aromatic heterocycles. The summed E-state index contributed by atoms with van der Waals surface area (Å²) in [6.45, 7) is 3.69. The van der Waals surface area contributed by atoms with E-state index in [0.29, 0.717) is 12.0 Å². The van der Waals surface area contributed by atoms with Crippen LogP contribution in [0.15, 0.2) is 36.1 Å². The molecule has 2 aliphatic rings. The summed E-state index contributed by atoms with van der Waals surface area (Å²) in [4.78, 5) is 11.5. The molecule has 16 heavy (non-hydrogen) atoms. The summed E-state index contributed by atoms with van der Waals surface area (Å²) >= 11 is 0. The van der Waals surface area contributed by atoms with Crippen molar-refractivity contribution in [2.24, 2.45) is 11.8 Å². The lowest BCUT2D eigenvalue weighted by Crippen LogP contribution is -2.34. The van der Waals surface area contributed by atoms with Crippen molar-refractivity contribution in [3.8, 4) is 0 Å². The first-order valence-corrected chi connectivity index (χ1v) is 5.13. The second-order valence-electron chi connectivity index (χ2n) is 3.87. The van der Waals surface area contributed by atoms with Crippen LogP contribution in [-0.4, -0.2) is 24.5 Å². The molecule has 0 aromatic carbocycles. The van der Waals surface area contributed by atoms with Gasteiger partial charge in [0.05, 0.1) is 24.9 Å². The van der Waals surface area contributed by atoms with Crippen molar-refractivity contribution in [2.75, 3.05) is 7.11 Å². The zero-order chi connectivity index (χ0) is 11.7. The monoisotopic (exact) mass is 222 g/mol. The lowest BCUT2D eigenvalue weighted by molar-refractivity contribution is -0.141. The first-order chi connectivity index (χ1) is 7.69. The van der Waals surface area contributed by atoms with Crippen LogP contribution in [-0.2, 0) is 14.3 Å². The number of aliphatic hydroxyl groups excluding tert-OH is 1. The normalized spacial score (nSPS) is 32.0. The smallest absolute Gasteiger partial charge is 0.337 e. The van der Waals surface area contributed by atoms with E-state index in [4.69, 9.17) is 4.74 Å². The van der Waals surface area contributed by atoms with Crippen molar-refractivity contribution in [3.05, 3.63) is 36.1 Å².